The van der Waals surface area contributed by atoms with Crippen LogP contribution in [0, 0.1) is 5.92 Å². The molecule has 28 heavy (non-hydrogen) atoms. The molecule has 2 aliphatic heterocycles. The highest BCUT2D eigenvalue weighted by molar-refractivity contribution is 7.98. The van der Waals surface area contributed by atoms with Crippen molar-refractivity contribution >= 4 is 53.5 Å². The second-order valence-corrected chi connectivity index (χ2v) is 8.71. The average molecular weight is 445 g/mol. The van der Waals surface area contributed by atoms with Gasteiger partial charge in [0.25, 0.3) is 0 Å². The molecule has 2 fully saturated rings. The van der Waals surface area contributed by atoms with Crippen LogP contribution in [0.4, 0.5) is 0 Å². The fraction of sp³-hybridized carbons (Fsp3) is 0.600. The van der Waals surface area contributed by atoms with Crippen molar-refractivity contribution in [1.82, 2.24) is 20.6 Å². The van der Waals surface area contributed by atoms with Gasteiger partial charge in [-0.3, -0.25) is 4.79 Å². The van der Waals surface area contributed by atoms with E-state index in [9.17, 15) is 4.79 Å². The van der Waals surface area contributed by atoms with E-state index >= 15 is 0 Å². The lowest BCUT2D eigenvalue weighted by Crippen LogP contribution is -2.40. The lowest BCUT2D eigenvalue weighted by atomic mass is 9.89. The molecule has 1 aromatic heterocycles. The monoisotopic (exact) mass is 444 g/mol. The summed E-state index contributed by atoms with van der Waals surface area (Å²) in [7, 11) is 0. The molecule has 3 unspecified atom stereocenters. The third-order valence-corrected chi connectivity index (χ3v) is 6.37. The van der Waals surface area contributed by atoms with Gasteiger partial charge in [0.05, 0.1) is 17.1 Å². The van der Waals surface area contributed by atoms with Gasteiger partial charge in [-0.2, -0.15) is 11.8 Å². The Morgan fingerprint density at radius 3 is 2.64 bits per heavy atom. The molecule has 2 aliphatic rings. The summed E-state index contributed by atoms with van der Waals surface area (Å²) in [6.45, 7) is 0. The Bertz CT molecular complexity index is 726. The van der Waals surface area contributed by atoms with E-state index < -0.39 is 0 Å². The third-order valence-electron chi connectivity index (χ3n) is 5.73. The number of para-hydroxylation sites is 2. The molecule has 4 rings (SSSR count). The zero-order valence-corrected chi connectivity index (χ0v) is 18.6. The van der Waals surface area contributed by atoms with Crippen LogP contribution in [0.15, 0.2) is 24.3 Å². The summed E-state index contributed by atoms with van der Waals surface area (Å²) in [5.74, 6) is 2.56. The fourth-order valence-corrected chi connectivity index (χ4v) is 4.98. The summed E-state index contributed by atoms with van der Waals surface area (Å²) < 4.78 is 0. The number of H-pyrrole nitrogens is 1. The maximum atomic E-state index is 12.7. The first-order valence-electron chi connectivity index (χ1n) is 9.70. The van der Waals surface area contributed by atoms with E-state index in [2.05, 4.69) is 21.9 Å². The Hall–Kier alpha value is -0.950. The van der Waals surface area contributed by atoms with Crippen molar-refractivity contribution in [3.8, 4) is 0 Å². The van der Waals surface area contributed by atoms with Crippen LogP contribution in [0.2, 0.25) is 0 Å². The Balaban J connectivity index is 0.00000140. The van der Waals surface area contributed by atoms with Crippen molar-refractivity contribution in [1.29, 1.82) is 0 Å². The van der Waals surface area contributed by atoms with Crippen LogP contribution >= 0.6 is 36.6 Å². The van der Waals surface area contributed by atoms with E-state index in [1.807, 2.05) is 24.3 Å². The van der Waals surface area contributed by atoms with E-state index in [0.29, 0.717) is 24.4 Å². The van der Waals surface area contributed by atoms with Gasteiger partial charge in [0.15, 0.2) is 0 Å². The number of piperidine rings is 1. The summed E-state index contributed by atoms with van der Waals surface area (Å²) >= 11 is 1.80. The topological polar surface area (TPSA) is 69.8 Å². The second-order valence-electron chi connectivity index (χ2n) is 7.72. The van der Waals surface area contributed by atoms with Crippen LogP contribution in [0.3, 0.4) is 0 Å². The van der Waals surface area contributed by atoms with Gasteiger partial charge in [-0.25, -0.2) is 4.98 Å². The molecule has 5 nitrogen and oxygen atoms in total. The highest BCUT2D eigenvalue weighted by atomic mass is 35.5. The number of fused-ring (bicyclic) bond motifs is 3. The number of imidazole rings is 1. The Kier molecular flexibility index (Phi) is 8.93. The molecule has 0 saturated carbocycles. The summed E-state index contributed by atoms with van der Waals surface area (Å²) in [6.07, 6.45) is 8.47. The number of hydrogen-bond donors (Lipinski definition) is 3. The largest absolute Gasteiger partial charge is 0.346 e. The smallest absolute Gasteiger partial charge is 0.220 e. The average Bonchev–Trinajstić information content (AvgIpc) is 3.21. The quantitative estimate of drug-likeness (QED) is 0.597. The van der Waals surface area contributed by atoms with Crippen molar-refractivity contribution in [2.75, 3.05) is 12.0 Å². The van der Waals surface area contributed by atoms with Gasteiger partial charge in [-0.15, -0.1) is 24.8 Å². The molecule has 1 aromatic carbocycles. The summed E-state index contributed by atoms with van der Waals surface area (Å²) in [6, 6.07) is 9.26. The Morgan fingerprint density at radius 2 is 1.96 bits per heavy atom. The van der Waals surface area contributed by atoms with Crippen LogP contribution < -0.4 is 10.6 Å². The molecule has 3 heterocycles. The second kappa shape index (κ2) is 10.7. The zero-order valence-electron chi connectivity index (χ0n) is 16.1. The molecule has 1 amide bonds. The first-order valence-corrected chi connectivity index (χ1v) is 11.1. The SMILES string of the molecule is CSCCC(NC(=O)CC1CC2CCC(C1)N2)c1nc2ccccc2[nH]1.Cl.Cl. The number of benzene rings is 1. The summed E-state index contributed by atoms with van der Waals surface area (Å²) in [5, 5.41) is 6.91. The van der Waals surface area contributed by atoms with E-state index in [1.165, 1.54) is 12.8 Å². The number of halogens is 2. The number of aromatic amines is 1. The van der Waals surface area contributed by atoms with Gasteiger partial charge < -0.3 is 15.6 Å². The number of nitrogens with zero attached hydrogens (tertiary/aromatic N) is 1. The maximum absolute atomic E-state index is 12.7. The number of carbonyl (C=O) groups is 1. The van der Waals surface area contributed by atoms with Crippen molar-refractivity contribution in [2.24, 2.45) is 5.92 Å². The summed E-state index contributed by atoms with van der Waals surface area (Å²) in [4.78, 5) is 20.8. The molecular formula is C20H30Cl2N4OS. The van der Waals surface area contributed by atoms with E-state index in [1.54, 1.807) is 11.8 Å². The van der Waals surface area contributed by atoms with Crippen LogP contribution in [-0.2, 0) is 4.79 Å². The molecular weight excluding hydrogens is 415 g/mol. The predicted octanol–water partition coefficient (Wildman–Crippen LogP) is 4.24. The standard InChI is InChI=1S/C20H28N4OS.2ClH/c1-26-9-8-18(20-23-16-4-2-3-5-17(16)24-20)22-19(25)12-13-10-14-6-7-15(11-13)21-14;;/h2-5,13-15,18,21H,6-12H2,1H3,(H,22,25)(H,23,24);2*1H. The number of rotatable bonds is 7. The number of aromatic nitrogens is 2. The van der Waals surface area contributed by atoms with Crippen molar-refractivity contribution in [3.05, 3.63) is 30.1 Å². The lowest BCUT2D eigenvalue weighted by Gasteiger charge is -2.29. The van der Waals surface area contributed by atoms with Gasteiger partial charge in [-0.1, -0.05) is 12.1 Å². The van der Waals surface area contributed by atoms with Crippen LogP contribution in [0.25, 0.3) is 11.0 Å². The lowest BCUT2D eigenvalue weighted by molar-refractivity contribution is -0.123. The highest BCUT2D eigenvalue weighted by Crippen LogP contribution is 2.32. The van der Waals surface area contributed by atoms with Crippen LogP contribution in [0.1, 0.15) is 50.4 Å². The minimum Gasteiger partial charge on any atom is -0.346 e. The molecule has 3 N–H and O–H groups in total. The third kappa shape index (κ3) is 5.56. The summed E-state index contributed by atoms with van der Waals surface area (Å²) in [5.41, 5.74) is 1.99. The number of amides is 1. The van der Waals surface area contributed by atoms with Gasteiger partial charge in [0.2, 0.25) is 5.91 Å². The molecule has 0 aliphatic carbocycles. The number of carbonyl (C=O) groups excluding carboxylic acids is 1. The van der Waals surface area contributed by atoms with Gasteiger partial charge >= 0.3 is 0 Å². The van der Waals surface area contributed by atoms with Crippen molar-refractivity contribution in [2.45, 2.75) is 56.7 Å². The minimum absolute atomic E-state index is 0. The Morgan fingerprint density at radius 1 is 1.25 bits per heavy atom. The maximum Gasteiger partial charge on any atom is 0.220 e. The van der Waals surface area contributed by atoms with Gasteiger partial charge in [0.1, 0.15) is 5.82 Å². The number of thioether (sulfide) groups is 1. The molecule has 2 bridgehead atoms. The first-order chi connectivity index (χ1) is 12.7. The molecule has 3 atom stereocenters. The van der Waals surface area contributed by atoms with Crippen LogP contribution in [0.5, 0.6) is 0 Å². The normalized spacial score (nSPS) is 24.2. The molecule has 8 heteroatoms. The molecule has 2 aromatic rings. The molecule has 2 saturated heterocycles. The van der Waals surface area contributed by atoms with E-state index in [-0.39, 0.29) is 36.8 Å². The predicted molar refractivity (Wildman–Crippen MR) is 122 cm³/mol. The van der Waals surface area contributed by atoms with Gasteiger partial charge in [-0.05, 0) is 62.2 Å². The molecule has 0 radical (unpaired) electrons. The molecule has 156 valence electrons. The molecule has 0 spiro atoms. The van der Waals surface area contributed by atoms with Crippen LogP contribution in [-0.4, -0.2) is 40.0 Å². The number of hydrogen-bond acceptors (Lipinski definition) is 4. The Labute approximate surface area is 183 Å². The van der Waals surface area contributed by atoms with Crippen molar-refractivity contribution in [3.63, 3.8) is 0 Å². The van der Waals surface area contributed by atoms with E-state index in [0.717, 1.165) is 41.9 Å². The first kappa shape index (κ1) is 23.3. The zero-order chi connectivity index (χ0) is 17.9. The van der Waals surface area contributed by atoms with Crippen molar-refractivity contribution < 1.29 is 4.79 Å². The van der Waals surface area contributed by atoms with Gasteiger partial charge in [0, 0.05) is 18.5 Å². The highest BCUT2D eigenvalue weighted by Gasteiger charge is 2.34. The van der Waals surface area contributed by atoms with E-state index in [4.69, 9.17) is 4.98 Å². The fourth-order valence-electron chi connectivity index (χ4n) is 4.51. The number of nitrogens with one attached hydrogen (secondary N) is 3. The minimum atomic E-state index is -0.0409.